The molecule has 0 radical (unpaired) electrons. The molecule has 1 saturated carbocycles. The summed E-state index contributed by atoms with van der Waals surface area (Å²) >= 11 is 1.83. The van der Waals surface area contributed by atoms with Gasteiger partial charge in [0.1, 0.15) is 16.9 Å². The SMILES string of the molecule is O=C([O-])[C@@H]1CSC2(CCCCC2)[NH2+]1. The molecular formula is C9H15NO2S. The second-order valence-corrected chi connectivity index (χ2v) is 5.46. The van der Waals surface area contributed by atoms with E-state index >= 15 is 0 Å². The van der Waals surface area contributed by atoms with Gasteiger partial charge >= 0.3 is 0 Å². The number of carbonyl (C=O) groups is 1. The van der Waals surface area contributed by atoms with Crippen LogP contribution in [0.25, 0.3) is 0 Å². The molecule has 1 heterocycles. The zero-order valence-electron chi connectivity index (χ0n) is 7.62. The van der Waals surface area contributed by atoms with Gasteiger partial charge in [-0.25, -0.2) is 0 Å². The summed E-state index contributed by atoms with van der Waals surface area (Å²) in [6.45, 7) is 0. The van der Waals surface area contributed by atoms with E-state index in [4.69, 9.17) is 0 Å². The number of hydrogen-bond donors (Lipinski definition) is 1. The van der Waals surface area contributed by atoms with E-state index in [1.165, 1.54) is 32.1 Å². The molecule has 2 rings (SSSR count). The first-order valence-corrected chi connectivity index (χ1v) is 5.91. The van der Waals surface area contributed by atoms with E-state index in [0.717, 1.165) is 5.75 Å². The van der Waals surface area contributed by atoms with Crippen molar-refractivity contribution in [3.63, 3.8) is 0 Å². The smallest absolute Gasteiger partial charge is 0.143 e. The van der Waals surface area contributed by atoms with Gasteiger partial charge in [0.2, 0.25) is 0 Å². The average molecular weight is 201 g/mol. The van der Waals surface area contributed by atoms with Crippen LogP contribution in [0.2, 0.25) is 0 Å². The highest BCUT2D eigenvalue weighted by atomic mass is 32.2. The normalized spacial score (nSPS) is 32.2. The Balaban J connectivity index is 1.98. The third-order valence-electron chi connectivity index (χ3n) is 3.06. The number of nitrogens with two attached hydrogens (primary N) is 1. The summed E-state index contributed by atoms with van der Waals surface area (Å²) in [6.07, 6.45) is 6.15. The number of carboxylic acid groups (broad SMARTS) is 1. The van der Waals surface area contributed by atoms with Gasteiger partial charge in [0.15, 0.2) is 0 Å². The van der Waals surface area contributed by atoms with Crippen LogP contribution in [0.15, 0.2) is 0 Å². The third kappa shape index (κ3) is 1.83. The zero-order valence-corrected chi connectivity index (χ0v) is 8.44. The fraction of sp³-hybridized carbons (Fsp3) is 0.889. The molecule has 0 aromatic heterocycles. The Labute approximate surface area is 82.3 Å². The van der Waals surface area contributed by atoms with Crippen LogP contribution in [0, 0.1) is 0 Å². The first kappa shape index (κ1) is 9.34. The summed E-state index contributed by atoms with van der Waals surface area (Å²) in [6, 6.07) is -0.303. The van der Waals surface area contributed by atoms with Crippen LogP contribution >= 0.6 is 11.8 Å². The molecule has 1 aliphatic heterocycles. The fourth-order valence-electron chi connectivity index (χ4n) is 2.32. The highest BCUT2D eigenvalue weighted by molar-refractivity contribution is 8.00. The summed E-state index contributed by atoms with van der Waals surface area (Å²) in [5.74, 6) is -0.169. The van der Waals surface area contributed by atoms with Crippen molar-refractivity contribution in [2.45, 2.75) is 43.0 Å². The molecule has 1 saturated heterocycles. The lowest BCUT2D eigenvalue weighted by Crippen LogP contribution is -2.99. The molecule has 0 unspecified atom stereocenters. The van der Waals surface area contributed by atoms with Crippen LogP contribution < -0.4 is 10.4 Å². The van der Waals surface area contributed by atoms with Gasteiger partial charge in [-0.15, -0.1) is 0 Å². The van der Waals surface area contributed by atoms with Gasteiger partial charge < -0.3 is 15.2 Å². The number of rotatable bonds is 1. The number of carbonyl (C=O) groups excluding carboxylic acids is 1. The Hall–Kier alpha value is -0.220. The predicted molar refractivity (Wildman–Crippen MR) is 49.0 cm³/mol. The first-order chi connectivity index (χ1) is 6.22. The number of thioether (sulfide) groups is 1. The highest BCUT2D eigenvalue weighted by Crippen LogP contribution is 2.37. The minimum Gasteiger partial charge on any atom is -0.544 e. The van der Waals surface area contributed by atoms with Crippen molar-refractivity contribution in [2.75, 3.05) is 5.75 Å². The Morgan fingerprint density at radius 3 is 2.62 bits per heavy atom. The monoisotopic (exact) mass is 201 g/mol. The standard InChI is InChI=1S/C9H15NO2S/c11-8(12)7-6-13-9(10-7)4-2-1-3-5-9/h7,10H,1-6H2,(H,11,12)/t7-/m0/s1. The van der Waals surface area contributed by atoms with Gasteiger partial charge in [0.25, 0.3) is 0 Å². The number of carboxylic acids is 1. The topological polar surface area (TPSA) is 56.7 Å². The van der Waals surface area contributed by atoms with E-state index in [1.807, 2.05) is 17.1 Å². The Morgan fingerprint density at radius 1 is 1.38 bits per heavy atom. The van der Waals surface area contributed by atoms with Gasteiger partial charge in [0.05, 0.1) is 5.75 Å². The predicted octanol–water partition coefficient (Wildman–Crippen LogP) is -0.924. The lowest BCUT2D eigenvalue weighted by molar-refractivity contribution is -0.719. The molecule has 1 spiro atoms. The summed E-state index contributed by atoms with van der Waals surface area (Å²) in [5, 5.41) is 12.7. The molecule has 2 fully saturated rings. The highest BCUT2D eigenvalue weighted by Gasteiger charge is 2.44. The summed E-state index contributed by atoms with van der Waals surface area (Å²) in [7, 11) is 0. The molecule has 0 amide bonds. The van der Waals surface area contributed by atoms with Crippen LogP contribution in [0.3, 0.4) is 0 Å². The van der Waals surface area contributed by atoms with E-state index in [-0.39, 0.29) is 10.9 Å². The largest absolute Gasteiger partial charge is 0.544 e. The number of hydrogen-bond acceptors (Lipinski definition) is 3. The van der Waals surface area contributed by atoms with Gasteiger partial charge in [-0.3, -0.25) is 0 Å². The first-order valence-electron chi connectivity index (χ1n) is 4.93. The molecule has 1 aliphatic carbocycles. The third-order valence-corrected chi connectivity index (χ3v) is 4.70. The fourth-order valence-corrected chi connectivity index (χ4v) is 3.90. The van der Waals surface area contributed by atoms with Crippen LogP contribution in [0.4, 0.5) is 0 Å². The molecule has 3 nitrogen and oxygen atoms in total. The van der Waals surface area contributed by atoms with E-state index in [1.54, 1.807) is 0 Å². The van der Waals surface area contributed by atoms with Crippen LogP contribution in [-0.4, -0.2) is 22.6 Å². The lowest BCUT2D eigenvalue weighted by Gasteiger charge is -2.29. The maximum Gasteiger partial charge on any atom is 0.143 e. The van der Waals surface area contributed by atoms with Gasteiger partial charge in [0, 0.05) is 12.8 Å². The average Bonchev–Trinajstić information content (AvgIpc) is 2.51. The molecule has 74 valence electrons. The Kier molecular flexibility index (Phi) is 2.51. The Morgan fingerprint density at radius 2 is 2.08 bits per heavy atom. The van der Waals surface area contributed by atoms with Crippen molar-refractivity contribution in [1.82, 2.24) is 0 Å². The Bertz CT molecular complexity index is 214. The second kappa shape index (κ2) is 3.50. The lowest BCUT2D eigenvalue weighted by atomic mass is 9.94. The maximum absolute atomic E-state index is 10.7. The van der Waals surface area contributed by atoms with Crippen molar-refractivity contribution < 1.29 is 15.2 Å². The van der Waals surface area contributed by atoms with Gasteiger partial charge in [-0.2, -0.15) is 0 Å². The van der Waals surface area contributed by atoms with Crippen molar-refractivity contribution in [3.8, 4) is 0 Å². The summed E-state index contributed by atoms with van der Waals surface area (Å²) in [4.78, 5) is 10.9. The van der Waals surface area contributed by atoms with Crippen molar-refractivity contribution >= 4 is 17.7 Å². The van der Waals surface area contributed by atoms with E-state index in [2.05, 4.69) is 0 Å². The van der Waals surface area contributed by atoms with E-state index in [0.29, 0.717) is 0 Å². The molecule has 2 N–H and O–H groups in total. The molecule has 0 bridgehead atoms. The van der Waals surface area contributed by atoms with Crippen molar-refractivity contribution in [3.05, 3.63) is 0 Å². The number of aliphatic carboxylic acids is 1. The minimum atomic E-state index is -0.894. The molecule has 0 aromatic rings. The van der Waals surface area contributed by atoms with Crippen molar-refractivity contribution in [1.29, 1.82) is 0 Å². The molecular weight excluding hydrogens is 186 g/mol. The zero-order chi connectivity index (χ0) is 9.31. The van der Waals surface area contributed by atoms with Crippen LogP contribution in [0.5, 0.6) is 0 Å². The second-order valence-electron chi connectivity index (χ2n) is 4.03. The van der Waals surface area contributed by atoms with E-state index in [9.17, 15) is 9.90 Å². The summed E-state index contributed by atoms with van der Waals surface area (Å²) in [5.41, 5.74) is 0. The number of quaternary nitrogens is 1. The molecule has 2 aliphatic rings. The van der Waals surface area contributed by atoms with Crippen LogP contribution in [-0.2, 0) is 4.79 Å². The van der Waals surface area contributed by atoms with Gasteiger partial charge in [-0.1, -0.05) is 18.2 Å². The van der Waals surface area contributed by atoms with Crippen LogP contribution in [0.1, 0.15) is 32.1 Å². The molecule has 0 aromatic carbocycles. The quantitative estimate of drug-likeness (QED) is 0.596. The molecule has 13 heavy (non-hydrogen) atoms. The molecule has 4 heteroatoms. The van der Waals surface area contributed by atoms with E-state index < -0.39 is 5.97 Å². The van der Waals surface area contributed by atoms with Gasteiger partial charge in [-0.05, 0) is 12.8 Å². The minimum absolute atomic E-state index is 0.197. The molecule has 1 atom stereocenters. The maximum atomic E-state index is 10.7. The summed E-state index contributed by atoms with van der Waals surface area (Å²) < 4.78 is 0. The van der Waals surface area contributed by atoms with Crippen molar-refractivity contribution in [2.24, 2.45) is 0 Å².